The molecule has 1 unspecified atom stereocenters. The molecular formula is C12H21N. The van der Waals surface area contributed by atoms with Gasteiger partial charge >= 0.3 is 0 Å². The van der Waals surface area contributed by atoms with Crippen molar-refractivity contribution < 1.29 is 0 Å². The molecule has 1 nitrogen and oxygen atoms in total. The van der Waals surface area contributed by atoms with E-state index in [1.165, 1.54) is 57.9 Å². The summed E-state index contributed by atoms with van der Waals surface area (Å²) in [7, 11) is 0. The van der Waals surface area contributed by atoms with Gasteiger partial charge < -0.3 is 5.32 Å². The lowest BCUT2D eigenvalue weighted by molar-refractivity contribution is 0.187. The van der Waals surface area contributed by atoms with E-state index in [2.05, 4.69) is 5.32 Å². The Kier molecular flexibility index (Phi) is 1.90. The van der Waals surface area contributed by atoms with Crippen molar-refractivity contribution in [2.45, 2.75) is 56.9 Å². The first-order valence-corrected chi connectivity index (χ1v) is 6.14. The lowest BCUT2D eigenvalue weighted by Crippen LogP contribution is -2.44. The summed E-state index contributed by atoms with van der Waals surface area (Å²) in [4.78, 5) is 0. The van der Waals surface area contributed by atoms with Crippen LogP contribution in [-0.2, 0) is 0 Å². The van der Waals surface area contributed by atoms with Crippen LogP contribution >= 0.6 is 0 Å². The van der Waals surface area contributed by atoms with Gasteiger partial charge in [0.05, 0.1) is 0 Å². The van der Waals surface area contributed by atoms with Crippen molar-refractivity contribution in [1.82, 2.24) is 5.32 Å². The average molecular weight is 179 g/mol. The molecule has 13 heavy (non-hydrogen) atoms. The van der Waals surface area contributed by atoms with Crippen molar-refractivity contribution >= 4 is 0 Å². The third-order valence-electron chi connectivity index (χ3n) is 4.51. The summed E-state index contributed by atoms with van der Waals surface area (Å²) in [6, 6.07) is 0. The summed E-state index contributed by atoms with van der Waals surface area (Å²) < 4.78 is 0. The van der Waals surface area contributed by atoms with Crippen LogP contribution < -0.4 is 5.32 Å². The second-order valence-corrected chi connectivity index (χ2v) is 5.46. The molecule has 0 aromatic carbocycles. The summed E-state index contributed by atoms with van der Waals surface area (Å²) in [6.07, 6.45) is 12.0. The molecule has 0 aromatic heterocycles. The maximum atomic E-state index is 3.83. The fourth-order valence-electron chi connectivity index (χ4n) is 3.37. The highest BCUT2D eigenvalue weighted by atomic mass is 15.0. The molecule has 2 saturated carbocycles. The lowest BCUT2D eigenvalue weighted by Gasteiger charge is -2.37. The molecule has 1 heteroatoms. The summed E-state index contributed by atoms with van der Waals surface area (Å²) >= 11 is 0. The minimum Gasteiger partial charge on any atom is -0.311 e. The fraction of sp³-hybridized carbons (Fsp3) is 1.00. The predicted octanol–water partition coefficient (Wildman–Crippen LogP) is 2.71. The van der Waals surface area contributed by atoms with E-state index in [1.807, 2.05) is 0 Å². The van der Waals surface area contributed by atoms with Crippen LogP contribution in [0.2, 0.25) is 0 Å². The van der Waals surface area contributed by atoms with E-state index in [4.69, 9.17) is 0 Å². The Morgan fingerprint density at radius 2 is 1.92 bits per heavy atom. The Bertz CT molecular complexity index is 185. The van der Waals surface area contributed by atoms with Gasteiger partial charge in [-0.15, -0.1) is 0 Å². The Morgan fingerprint density at radius 3 is 2.38 bits per heavy atom. The molecule has 1 heterocycles. The van der Waals surface area contributed by atoms with E-state index in [9.17, 15) is 0 Å². The minimum absolute atomic E-state index is 0.630. The van der Waals surface area contributed by atoms with Crippen molar-refractivity contribution in [3.63, 3.8) is 0 Å². The average Bonchev–Trinajstić information content (AvgIpc) is 2.81. The normalized spacial score (nSPS) is 40.6. The van der Waals surface area contributed by atoms with Crippen molar-refractivity contribution in [2.24, 2.45) is 11.8 Å². The largest absolute Gasteiger partial charge is 0.311 e. The van der Waals surface area contributed by atoms with Gasteiger partial charge in [0.25, 0.3) is 0 Å². The van der Waals surface area contributed by atoms with E-state index < -0.39 is 0 Å². The van der Waals surface area contributed by atoms with Crippen LogP contribution in [0.1, 0.15) is 51.4 Å². The van der Waals surface area contributed by atoms with Gasteiger partial charge in [0.1, 0.15) is 0 Å². The van der Waals surface area contributed by atoms with Crippen molar-refractivity contribution in [3.8, 4) is 0 Å². The standard InChI is InChI=1S/C12H21N/c1-3-10(4-1)9-12(11-5-6-11)7-2-8-13-12/h10-11,13H,1-9H2. The monoisotopic (exact) mass is 179 g/mol. The lowest BCUT2D eigenvalue weighted by atomic mass is 9.73. The van der Waals surface area contributed by atoms with E-state index in [-0.39, 0.29) is 0 Å². The molecule has 3 fully saturated rings. The zero-order valence-corrected chi connectivity index (χ0v) is 8.52. The van der Waals surface area contributed by atoms with Crippen LogP contribution in [0.25, 0.3) is 0 Å². The first kappa shape index (κ1) is 8.28. The zero-order valence-electron chi connectivity index (χ0n) is 8.52. The molecule has 1 atom stereocenters. The van der Waals surface area contributed by atoms with Crippen LogP contribution in [0.15, 0.2) is 0 Å². The first-order valence-electron chi connectivity index (χ1n) is 6.14. The third-order valence-corrected chi connectivity index (χ3v) is 4.51. The van der Waals surface area contributed by atoms with Gasteiger partial charge in [-0.05, 0) is 50.5 Å². The molecule has 0 amide bonds. The van der Waals surface area contributed by atoms with Crippen LogP contribution in [0, 0.1) is 11.8 Å². The van der Waals surface area contributed by atoms with Gasteiger partial charge in [-0.2, -0.15) is 0 Å². The summed E-state index contributed by atoms with van der Waals surface area (Å²) in [5, 5.41) is 3.83. The Labute approximate surface area is 81.3 Å². The van der Waals surface area contributed by atoms with Gasteiger partial charge in [-0.1, -0.05) is 19.3 Å². The molecule has 1 saturated heterocycles. The van der Waals surface area contributed by atoms with Gasteiger partial charge in [0, 0.05) is 5.54 Å². The van der Waals surface area contributed by atoms with Crippen LogP contribution in [0.4, 0.5) is 0 Å². The zero-order chi connectivity index (χ0) is 8.73. The molecule has 2 aliphatic carbocycles. The molecule has 0 aromatic rings. The van der Waals surface area contributed by atoms with Crippen molar-refractivity contribution in [2.75, 3.05) is 6.54 Å². The maximum absolute atomic E-state index is 3.83. The number of hydrogen-bond acceptors (Lipinski definition) is 1. The fourth-order valence-corrected chi connectivity index (χ4v) is 3.37. The van der Waals surface area contributed by atoms with Crippen LogP contribution in [0.5, 0.6) is 0 Å². The molecule has 3 rings (SSSR count). The van der Waals surface area contributed by atoms with Gasteiger partial charge in [0.2, 0.25) is 0 Å². The number of hydrogen-bond donors (Lipinski definition) is 1. The SMILES string of the molecule is C1CC(CC2(C3CC3)CCCN2)C1. The maximum Gasteiger partial charge on any atom is 0.0212 e. The molecule has 0 bridgehead atoms. The van der Waals surface area contributed by atoms with Gasteiger partial charge in [-0.3, -0.25) is 0 Å². The minimum atomic E-state index is 0.630. The Hall–Kier alpha value is -0.0400. The van der Waals surface area contributed by atoms with Crippen molar-refractivity contribution in [3.05, 3.63) is 0 Å². The van der Waals surface area contributed by atoms with E-state index >= 15 is 0 Å². The molecule has 0 radical (unpaired) electrons. The van der Waals surface area contributed by atoms with Crippen molar-refractivity contribution in [1.29, 1.82) is 0 Å². The molecule has 0 spiro atoms. The number of rotatable bonds is 3. The van der Waals surface area contributed by atoms with Gasteiger partial charge in [-0.25, -0.2) is 0 Å². The predicted molar refractivity (Wildman–Crippen MR) is 54.6 cm³/mol. The molecule has 1 aliphatic heterocycles. The van der Waals surface area contributed by atoms with E-state index in [0.29, 0.717) is 5.54 Å². The summed E-state index contributed by atoms with van der Waals surface area (Å²) in [5.74, 6) is 2.15. The van der Waals surface area contributed by atoms with Gasteiger partial charge in [0.15, 0.2) is 0 Å². The first-order chi connectivity index (χ1) is 6.39. The molecule has 3 aliphatic rings. The second kappa shape index (κ2) is 2.98. The van der Waals surface area contributed by atoms with Crippen LogP contribution in [0.3, 0.4) is 0 Å². The Morgan fingerprint density at radius 1 is 1.08 bits per heavy atom. The molecular weight excluding hydrogens is 158 g/mol. The third kappa shape index (κ3) is 1.41. The quantitative estimate of drug-likeness (QED) is 0.702. The second-order valence-electron chi connectivity index (χ2n) is 5.46. The number of nitrogens with one attached hydrogen (secondary N) is 1. The highest BCUT2D eigenvalue weighted by Gasteiger charge is 2.47. The smallest absolute Gasteiger partial charge is 0.0212 e. The molecule has 1 N–H and O–H groups in total. The van der Waals surface area contributed by atoms with Crippen LogP contribution in [-0.4, -0.2) is 12.1 Å². The highest BCUT2D eigenvalue weighted by Crippen LogP contribution is 2.49. The van der Waals surface area contributed by atoms with E-state index in [1.54, 1.807) is 0 Å². The molecule has 74 valence electrons. The summed E-state index contributed by atoms with van der Waals surface area (Å²) in [6.45, 7) is 1.29. The highest BCUT2D eigenvalue weighted by molar-refractivity contribution is 5.05. The summed E-state index contributed by atoms with van der Waals surface area (Å²) in [5.41, 5.74) is 0.630. The topological polar surface area (TPSA) is 12.0 Å². The van der Waals surface area contributed by atoms with E-state index in [0.717, 1.165) is 11.8 Å². The Balaban J connectivity index is 1.66.